The zero-order chi connectivity index (χ0) is 9.23. The van der Waals surface area contributed by atoms with E-state index in [0.29, 0.717) is 0 Å². The van der Waals surface area contributed by atoms with Gasteiger partial charge in [-0.2, -0.15) is 0 Å². The standard InChI is InChI=1S/C11H13I/c1-3-5-7-8-10-11(12)9-6-4-2/h3-10H,2H2,1H3/b5-3+,8-7-,9-6-,11-10-. The van der Waals surface area contributed by atoms with Gasteiger partial charge in [0, 0.05) is 3.58 Å². The zero-order valence-electron chi connectivity index (χ0n) is 7.20. The molecule has 0 aliphatic heterocycles. The molecule has 0 saturated carbocycles. The van der Waals surface area contributed by atoms with Crippen LogP contribution < -0.4 is 0 Å². The highest BCUT2D eigenvalue weighted by molar-refractivity contribution is 14.1. The summed E-state index contributed by atoms with van der Waals surface area (Å²) in [6.45, 7) is 5.59. The summed E-state index contributed by atoms with van der Waals surface area (Å²) in [7, 11) is 0. The first-order valence-electron chi connectivity index (χ1n) is 3.75. The number of hydrogen-bond donors (Lipinski definition) is 0. The molecule has 0 N–H and O–H groups in total. The van der Waals surface area contributed by atoms with Gasteiger partial charge in [0.15, 0.2) is 0 Å². The third kappa shape index (κ3) is 7.54. The normalized spacial score (nSPS) is 13.7. The second-order valence-electron chi connectivity index (χ2n) is 2.06. The average Bonchev–Trinajstić information content (AvgIpc) is 2.09. The van der Waals surface area contributed by atoms with Crippen molar-refractivity contribution in [2.75, 3.05) is 0 Å². The lowest BCUT2D eigenvalue weighted by molar-refractivity contribution is 1.73. The highest BCUT2D eigenvalue weighted by Crippen LogP contribution is 2.07. The summed E-state index contributed by atoms with van der Waals surface area (Å²) in [5.74, 6) is 0. The predicted octanol–water partition coefficient (Wildman–Crippen LogP) is 4.18. The summed E-state index contributed by atoms with van der Waals surface area (Å²) in [5, 5.41) is 0. The van der Waals surface area contributed by atoms with E-state index in [4.69, 9.17) is 0 Å². The van der Waals surface area contributed by atoms with Crippen LogP contribution in [0.25, 0.3) is 0 Å². The molecule has 0 radical (unpaired) electrons. The molecule has 0 saturated heterocycles. The first-order chi connectivity index (χ1) is 5.81. The van der Waals surface area contributed by atoms with Gasteiger partial charge in [-0.1, -0.05) is 43.0 Å². The Hall–Kier alpha value is -0.570. The van der Waals surface area contributed by atoms with Gasteiger partial charge in [-0.3, -0.25) is 0 Å². The van der Waals surface area contributed by atoms with E-state index in [2.05, 4.69) is 29.2 Å². The van der Waals surface area contributed by atoms with E-state index < -0.39 is 0 Å². The van der Waals surface area contributed by atoms with Crippen LogP contribution in [0.1, 0.15) is 6.92 Å². The molecule has 0 amide bonds. The molecule has 0 atom stereocenters. The third-order valence-electron chi connectivity index (χ3n) is 1.06. The first kappa shape index (κ1) is 11.4. The van der Waals surface area contributed by atoms with Crippen molar-refractivity contribution in [3.05, 3.63) is 58.8 Å². The fraction of sp³-hybridized carbons (Fsp3) is 0.0909. The van der Waals surface area contributed by atoms with Gasteiger partial charge in [0.1, 0.15) is 0 Å². The van der Waals surface area contributed by atoms with E-state index in [0.717, 1.165) is 0 Å². The van der Waals surface area contributed by atoms with Crippen molar-refractivity contribution in [1.29, 1.82) is 0 Å². The molecule has 0 fully saturated rings. The number of hydrogen-bond acceptors (Lipinski definition) is 0. The quantitative estimate of drug-likeness (QED) is 0.532. The molecule has 1 heteroatoms. The van der Waals surface area contributed by atoms with Crippen LogP contribution in [0, 0.1) is 0 Å². The van der Waals surface area contributed by atoms with Crippen LogP contribution >= 0.6 is 22.6 Å². The van der Waals surface area contributed by atoms with Crippen molar-refractivity contribution in [2.24, 2.45) is 0 Å². The molecular formula is C11H13I. The van der Waals surface area contributed by atoms with Crippen molar-refractivity contribution >= 4 is 22.6 Å². The number of allylic oxidation sites excluding steroid dienone is 9. The van der Waals surface area contributed by atoms with E-state index in [-0.39, 0.29) is 0 Å². The summed E-state index contributed by atoms with van der Waals surface area (Å²) in [5.41, 5.74) is 0. The predicted molar refractivity (Wildman–Crippen MR) is 65.4 cm³/mol. The zero-order valence-corrected chi connectivity index (χ0v) is 9.36. The maximum atomic E-state index is 3.60. The molecule has 0 aliphatic rings. The number of rotatable bonds is 4. The fourth-order valence-electron chi connectivity index (χ4n) is 0.538. The fourth-order valence-corrected chi connectivity index (χ4v) is 0.953. The molecule has 0 rings (SSSR count). The van der Waals surface area contributed by atoms with Crippen molar-refractivity contribution in [3.63, 3.8) is 0 Å². The molecule has 0 aromatic carbocycles. The Morgan fingerprint density at radius 1 is 1.17 bits per heavy atom. The average molecular weight is 272 g/mol. The maximum Gasteiger partial charge on any atom is 0.0130 e. The van der Waals surface area contributed by atoms with Crippen molar-refractivity contribution in [3.8, 4) is 0 Å². The van der Waals surface area contributed by atoms with Gasteiger partial charge < -0.3 is 0 Å². The van der Waals surface area contributed by atoms with E-state index in [1.165, 1.54) is 3.58 Å². The SMILES string of the molecule is C=C\C=C/C(I)=C/C=C\C=C\C. The lowest BCUT2D eigenvalue weighted by Crippen LogP contribution is -1.58. The lowest BCUT2D eigenvalue weighted by atomic mass is 10.4. The van der Waals surface area contributed by atoms with Crippen molar-refractivity contribution < 1.29 is 0 Å². The second kappa shape index (κ2) is 8.53. The Kier molecular flexibility index (Phi) is 8.12. The molecule has 0 unspecified atom stereocenters. The lowest BCUT2D eigenvalue weighted by Gasteiger charge is -1.82. The third-order valence-corrected chi connectivity index (χ3v) is 1.78. The van der Waals surface area contributed by atoms with Crippen molar-refractivity contribution in [1.82, 2.24) is 0 Å². The first-order valence-corrected chi connectivity index (χ1v) is 4.83. The molecule has 0 spiro atoms. The molecule has 0 aliphatic carbocycles. The smallest absolute Gasteiger partial charge is 0.0130 e. The van der Waals surface area contributed by atoms with Gasteiger partial charge in [0.25, 0.3) is 0 Å². The van der Waals surface area contributed by atoms with Crippen LogP contribution in [-0.4, -0.2) is 0 Å². The van der Waals surface area contributed by atoms with Gasteiger partial charge in [-0.25, -0.2) is 0 Å². The van der Waals surface area contributed by atoms with E-state index in [9.17, 15) is 0 Å². The minimum atomic E-state index is 1.19. The van der Waals surface area contributed by atoms with Gasteiger partial charge >= 0.3 is 0 Å². The monoisotopic (exact) mass is 272 g/mol. The summed E-state index contributed by atoms with van der Waals surface area (Å²) in [4.78, 5) is 0. The Morgan fingerprint density at radius 2 is 1.92 bits per heavy atom. The summed E-state index contributed by atoms with van der Waals surface area (Å²) >= 11 is 2.27. The molecule has 0 heterocycles. The van der Waals surface area contributed by atoms with Crippen LogP contribution in [0.2, 0.25) is 0 Å². The second-order valence-corrected chi connectivity index (χ2v) is 3.30. The summed E-state index contributed by atoms with van der Waals surface area (Å²) < 4.78 is 1.19. The Labute approximate surface area is 88.2 Å². The van der Waals surface area contributed by atoms with Gasteiger partial charge in [0.05, 0.1) is 0 Å². The molecule has 0 bridgehead atoms. The van der Waals surface area contributed by atoms with Crippen LogP contribution in [0.15, 0.2) is 58.8 Å². The van der Waals surface area contributed by atoms with Gasteiger partial charge in [-0.05, 0) is 41.7 Å². The Bertz CT molecular complexity index is 229. The molecule has 0 nitrogen and oxygen atoms in total. The molecule has 12 heavy (non-hydrogen) atoms. The van der Waals surface area contributed by atoms with Crippen molar-refractivity contribution in [2.45, 2.75) is 6.92 Å². The molecule has 64 valence electrons. The summed E-state index contributed by atoms with van der Waals surface area (Å²) in [6.07, 6.45) is 15.7. The van der Waals surface area contributed by atoms with Gasteiger partial charge in [-0.15, -0.1) is 0 Å². The maximum absolute atomic E-state index is 3.60. The molecular weight excluding hydrogens is 259 g/mol. The van der Waals surface area contributed by atoms with Crippen LogP contribution in [0.3, 0.4) is 0 Å². The largest absolute Gasteiger partial charge is 0.0991 e. The number of halogens is 1. The van der Waals surface area contributed by atoms with Crippen LogP contribution in [0.5, 0.6) is 0 Å². The molecule has 0 aromatic rings. The summed E-state index contributed by atoms with van der Waals surface area (Å²) in [6, 6.07) is 0. The molecule has 0 aromatic heterocycles. The van der Waals surface area contributed by atoms with E-state index in [1.807, 2.05) is 49.5 Å². The van der Waals surface area contributed by atoms with Crippen LogP contribution in [0.4, 0.5) is 0 Å². The Balaban J connectivity index is 3.99. The minimum absolute atomic E-state index is 1.19. The Morgan fingerprint density at radius 3 is 2.50 bits per heavy atom. The highest BCUT2D eigenvalue weighted by atomic mass is 127. The van der Waals surface area contributed by atoms with E-state index in [1.54, 1.807) is 6.08 Å². The van der Waals surface area contributed by atoms with E-state index >= 15 is 0 Å². The highest BCUT2D eigenvalue weighted by Gasteiger charge is 1.76. The minimum Gasteiger partial charge on any atom is -0.0991 e. The topological polar surface area (TPSA) is 0 Å². The van der Waals surface area contributed by atoms with Crippen LogP contribution in [-0.2, 0) is 0 Å². The van der Waals surface area contributed by atoms with Gasteiger partial charge in [0.2, 0.25) is 0 Å².